The molecule has 4 heteroatoms. The molecule has 1 aromatic heterocycles. The fourth-order valence-electron chi connectivity index (χ4n) is 2.45. The Labute approximate surface area is 122 Å². The second kappa shape index (κ2) is 6.84. The molecule has 1 atom stereocenters. The summed E-state index contributed by atoms with van der Waals surface area (Å²) in [5.41, 5.74) is 13.1. The van der Waals surface area contributed by atoms with E-state index in [1.807, 2.05) is 13.0 Å². The third-order valence-corrected chi connectivity index (χ3v) is 3.82. The summed E-state index contributed by atoms with van der Waals surface area (Å²) in [6, 6.07) is 1.82. The molecule has 0 saturated carbocycles. The van der Waals surface area contributed by atoms with Gasteiger partial charge in [0.05, 0.1) is 5.56 Å². The Morgan fingerprint density at radius 2 is 2.00 bits per heavy atom. The molecule has 0 saturated heterocycles. The lowest BCUT2D eigenvalue weighted by Crippen LogP contribution is -2.24. The summed E-state index contributed by atoms with van der Waals surface area (Å²) in [4.78, 5) is 16.4. The minimum atomic E-state index is 0.0740. The maximum Gasteiger partial charge on any atom is 0.166 e. The lowest BCUT2D eigenvalue weighted by Gasteiger charge is -2.30. The van der Waals surface area contributed by atoms with E-state index in [9.17, 15) is 4.79 Å². The highest BCUT2D eigenvalue weighted by molar-refractivity contribution is 6.00. The number of aromatic nitrogens is 1. The van der Waals surface area contributed by atoms with Crippen LogP contribution in [-0.4, -0.2) is 17.3 Å². The maximum absolute atomic E-state index is 12.3. The van der Waals surface area contributed by atoms with E-state index in [1.54, 1.807) is 6.20 Å². The van der Waals surface area contributed by atoms with Crippen molar-refractivity contribution in [3.63, 3.8) is 0 Å². The minimum absolute atomic E-state index is 0.0740. The van der Waals surface area contributed by atoms with Crippen molar-refractivity contribution in [2.45, 2.75) is 47.0 Å². The zero-order chi connectivity index (χ0) is 15.3. The highest BCUT2D eigenvalue weighted by Gasteiger charge is 2.25. The molecule has 0 aliphatic rings. The molecule has 0 spiro atoms. The van der Waals surface area contributed by atoms with Crippen molar-refractivity contribution < 1.29 is 4.79 Å². The van der Waals surface area contributed by atoms with Crippen molar-refractivity contribution in [3.8, 4) is 0 Å². The van der Waals surface area contributed by atoms with Gasteiger partial charge in [0.25, 0.3) is 0 Å². The van der Waals surface area contributed by atoms with Gasteiger partial charge < -0.3 is 11.5 Å². The summed E-state index contributed by atoms with van der Waals surface area (Å²) in [5, 5.41) is 0. The van der Waals surface area contributed by atoms with Gasteiger partial charge in [-0.25, -0.2) is 4.98 Å². The monoisotopic (exact) mass is 277 g/mol. The van der Waals surface area contributed by atoms with Gasteiger partial charge in [-0.15, -0.1) is 0 Å². The number of nitrogens with two attached hydrogens (primary N) is 2. The SMILES string of the molecule is Cc1cnc(N)c(C(=O)CCC(CCN)C(C)(C)C)c1. The largest absolute Gasteiger partial charge is 0.383 e. The summed E-state index contributed by atoms with van der Waals surface area (Å²) < 4.78 is 0. The van der Waals surface area contributed by atoms with Crippen LogP contribution in [0.5, 0.6) is 0 Å². The van der Waals surface area contributed by atoms with Crippen molar-refractivity contribution in [2.24, 2.45) is 17.1 Å². The molecule has 4 N–H and O–H groups in total. The number of carbonyl (C=O) groups is 1. The van der Waals surface area contributed by atoms with Crippen molar-refractivity contribution in [1.29, 1.82) is 0 Å². The average molecular weight is 277 g/mol. The molecule has 1 aromatic rings. The maximum atomic E-state index is 12.3. The standard InChI is InChI=1S/C16H27N3O/c1-11-9-13(15(18)19-10-11)14(20)6-5-12(7-8-17)16(2,3)4/h9-10,12H,5-8,17H2,1-4H3,(H2,18,19). The molecule has 112 valence electrons. The van der Waals surface area contributed by atoms with E-state index in [1.165, 1.54) is 0 Å². The van der Waals surface area contributed by atoms with E-state index in [-0.39, 0.29) is 11.2 Å². The van der Waals surface area contributed by atoms with E-state index in [4.69, 9.17) is 11.5 Å². The minimum Gasteiger partial charge on any atom is -0.383 e. The lowest BCUT2D eigenvalue weighted by atomic mass is 9.76. The molecule has 0 bridgehead atoms. The molecular weight excluding hydrogens is 250 g/mol. The molecule has 0 amide bonds. The molecule has 0 fully saturated rings. The molecular formula is C16H27N3O. The van der Waals surface area contributed by atoms with Crippen LogP contribution < -0.4 is 11.5 Å². The molecule has 0 aliphatic carbocycles. The van der Waals surface area contributed by atoms with Crippen LogP contribution in [-0.2, 0) is 0 Å². The summed E-state index contributed by atoms with van der Waals surface area (Å²) in [6.45, 7) is 9.15. The molecule has 0 radical (unpaired) electrons. The Balaban J connectivity index is 2.73. The predicted octanol–water partition coefficient (Wildman–Crippen LogP) is 2.95. The number of Topliss-reactive ketones (excluding diaryl/α,β-unsaturated/α-hetero) is 1. The number of nitrogen functional groups attached to an aromatic ring is 1. The molecule has 0 aliphatic heterocycles. The molecule has 1 heterocycles. The van der Waals surface area contributed by atoms with Crippen molar-refractivity contribution >= 4 is 11.6 Å². The summed E-state index contributed by atoms with van der Waals surface area (Å²) in [5.74, 6) is 0.840. The van der Waals surface area contributed by atoms with Crippen LogP contribution in [0.25, 0.3) is 0 Å². The first-order valence-electron chi connectivity index (χ1n) is 7.21. The first-order chi connectivity index (χ1) is 9.25. The number of hydrogen-bond acceptors (Lipinski definition) is 4. The Hall–Kier alpha value is -1.42. The van der Waals surface area contributed by atoms with Crippen LogP contribution >= 0.6 is 0 Å². The number of rotatable bonds is 6. The first kappa shape index (κ1) is 16.6. The van der Waals surface area contributed by atoms with Gasteiger partial charge in [-0.1, -0.05) is 20.8 Å². The van der Waals surface area contributed by atoms with Gasteiger partial charge in [0.2, 0.25) is 0 Å². The van der Waals surface area contributed by atoms with Crippen LogP contribution in [0.4, 0.5) is 5.82 Å². The Bertz CT molecular complexity index is 463. The van der Waals surface area contributed by atoms with Crippen LogP contribution in [0, 0.1) is 18.3 Å². The van der Waals surface area contributed by atoms with Crippen molar-refractivity contribution in [1.82, 2.24) is 4.98 Å². The highest BCUT2D eigenvalue weighted by Crippen LogP contribution is 2.32. The number of ketones is 1. The molecule has 1 rings (SSSR count). The van der Waals surface area contributed by atoms with E-state index < -0.39 is 0 Å². The quantitative estimate of drug-likeness (QED) is 0.783. The highest BCUT2D eigenvalue weighted by atomic mass is 16.1. The van der Waals surface area contributed by atoms with Gasteiger partial charge in [-0.3, -0.25) is 4.79 Å². The second-order valence-corrected chi connectivity index (χ2v) is 6.55. The van der Waals surface area contributed by atoms with Gasteiger partial charge in [0, 0.05) is 12.6 Å². The number of hydrogen-bond donors (Lipinski definition) is 2. The smallest absolute Gasteiger partial charge is 0.166 e. The van der Waals surface area contributed by atoms with E-state index in [0.29, 0.717) is 30.3 Å². The summed E-state index contributed by atoms with van der Waals surface area (Å²) in [7, 11) is 0. The van der Waals surface area contributed by atoms with Crippen LogP contribution in [0.15, 0.2) is 12.3 Å². The summed E-state index contributed by atoms with van der Waals surface area (Å²) >= 11 is 0. The van der Waals surface area contributed by atoms with Gasteiger partial charge in [-0.2, -0.15) is 0 Å². The third-order valence-electron chi connectivity index (χ3n) is 3.82. The third kappa shape index (κ3) is 4.60. The van der Waals surface area contributed by atoms with Crippen LogP contribution in [0.2, 0.25) is 0 Å². The molecule has 20 heavy (non-hydrogen) atoms. The fourth-order valence-corrected chi connectivity index (χ4v) is 2.45. The zero-order valence-electron chi connectivity index (χ0n) is 13.1. The van der Waals surface area contributed by atoms with Crippen LogP contribution in [0.3, 0.4) is 0 Å². The molecule has 0 aromatic carbocycles. The molecule has 1 unspecified atom stereocenters. The first-order valence-corrected chi connectivity index (χ1v) is 7.21. The number of carbonyl (C=O) groups excluding carboxylic acids is 1. The van der Waals surface area contributed by atoms with Crippen LogP contribution in [0.1, 0.15) is 56.0 Å². The van der Waals surface area contributed by atoms with Crippen molar-refractivity contribution in [2.75, 3.05) is 12.3 Å². The lowest BCUT2D eigenvalue weighted by molar-refractivity contribution is 0.0958. The topological polar surface area (TPSA) is 82.0 Å². The number of nitrogens with zero attached hydrogens (tertiary/aromatic N) is 1. The number of anilines is 1. The van der Waals surface area contributed by atoms with Gasteiger partial charge in [0.1, 0.15) is 5.82 Å². The Morgan fingerprint density at radius 3 is 2.55 bits per heavy atom. The number of aryl methyl sites for hydroxylation is 1. The predicted molar refractivity (Wildman–Crippen MR) is 83.6 cm³/mol. The second-order valence-electron chi connectivity index (χ2n) is 6.55. The summed E-state index contributed by atoms with van der Waals surface area (Å²) in [6.07, 6.45) is 3.96. The van der Waals surface area contributed by atoms with Gasteiger partial charge in [0.15, 0.2) is 5.78 Å². The van der Waals surface area contributed by atoms with E-state index >= 15 is 0 Å². The van der Waals surface area contributed by atoms with Crippen molar-refractivity contribution in [3.05, 3.63) is 23.4 Å². The van der Waals surface area contributed by atoms with Gasteiger partial charge >= 0.3 is 0 Å². The van der Waals surface area contributed by atoms with Gasteiger partial charge in [-0.05, 0) is 49.3 Å². The Morgan fingerprint density at radius 1 is 1.35 bits per heavy atom. The normalized spacial score (nSPS) is 13.2. The number of pyridine rings is 1. The Kier molecular flexibility index (Phi) is 5.69. The van der Waals surface area contributed by atoms with E-state index in [2.05, 4.69) is 25.8 Å². The zero-order valence-corrected chi connectivity index (χ0v) is 13.1. The molecule has 4 nitrogen and oxygen atoms in total. The van der Waals surface area contributed by atoms with E-state index in [0.717, 1.165) is 18.4 Å². The average Bonchev–Trinajstić information content (AvgIpc) is 2.35. The fraction of sp³-hybridized carbons (Fsp3) is 0.625.